The van der Waals surface area contributed by atoms with Crippen LogP contribution < -0.4 is 4.80 Å². The molecule has 3 rings (SSSR count). The summed E-state index contributed by atoms with van der Waals surface area (Å²) in [6.45, 7) is 10.1. The number of ether oxygens (including phenoxy) is 1. The summed E-state index contributed by atoms with van der Waals surface area (Å²) < 4.78 is 9.51. The minimum atomic E-state index is -0.433. The van der Waals surface area contributed by atoms with E-state index in [9.17, 15) is 9.59 Å². The zero-order valence-corrected chi connectivity index (χ0v) is 17.5. The number of aryl methyl sites for hydroxylation is 2. The van der Waals surface area contributed by atoms with Gasteiger partial charge in [0.05, 0.1) is 16.8 Å². The van der Waals surface area contributed by atoms with Gasteiger partial charge >= 0.3 is 5.97 Å². The Morgan fingerprint density at radius 1 is 1.25 bits per heavy atom. The lowest BCUT2D eigenvalue weighted by Crippen LogP contribution is -2.23. The van der Waals surface area contributed by atoms with Crippen LogP contribution in [0.25, 0.3) is 10.2 Å². The summed E-state index contributed by atoms with van der Waals surface area (Å²) in [6.07, 6.45) is 1.76. The van der Waals surface area contributed by atoms with Crippen LogP contribution in [-0.2, 0) is 16.1 Å². The lowest BCUT2D eigenvalue weighted by Gasteiger charge is -2.06. The Labute approximate surface area is 167 Å². The van der Waals surface area contributed by atoms with Gasteiger partial charge in [0.15, 0.2) is 10.5 Å². The van der Waals surface area contributed by atoms with Crippen molar-refractivity contribution in [3.05, 3.63) is 46.0 Å². The minimum Gasteiger partial charge on any atom is -0.465 e. The highest BCUT2D eigenvalue weighted by atomic mass is 32.1. The number of hydrogen-bond acceptors (Lipinski definition) is 5. The van der Waals surface area contributed by atoms with Gasteiger partial charge in [-0.05, 0) is 63.9 Å². The average molecular weight is 401 g/mol. The second kappa shape index (κ2) is 8.10. The Morgan fingerprint density at radius 3 is 2.61 bits per heavy atom. The number of thiazole rings is 1. The molecule has 8 heteroatoms. The molecule has 148 valence electrons. The summed E-state index contributed by atoms with van der Waals surface area (Å²) >= 11 is 1.38. The van der Waals surface area contributed by atoms with E-state index in [4.69, 9.17) is 4.74 Å². The van der Waals surface area contributed by atoms with Crippen molar-refractivity contribution in [2.45, 2.75) is 47.2 Å². The number of rotatable bonds is 5. The van der Waals surface area contributed by atoms with Crippen molar-refractivity contribution in [1.82, 2.24) is 14.3 Å². The first kappa shape index (κ1) is 20.0. The molecule has 1 amide bonds. The van der Waals surface area contributed by atoms with Crippen LogP contribution in [0.1, 0.15) is 48.4 Å². The molecule has 3 aromatic rings. The molecule has 0 atom stereocenters. The van der Waals surface area contributed by atoms with E-state index in [1.807, 2.05) is 39.8 Å². The molecule has 2 aromatic heterocycles. The number of carbonyl (C=O) groups excluding carboxylic acids is 2. The van der Waals surface area contributed by atoms with Gasteiger partial charge in [-0.25, -0.2) is 0 Å². The van der Waals surface area contributed by atoms with Gasteiger partial charge in [0, 0.05) is 12.2 Å². The molecule has 0 aliphatic carbocycles. The molecule has 0 saturated carbocycles. The molecule has 0 aliphatic heterocycles. The smallest absolute Gasteiger partial charge is 0.326 e. The number of amides is 1. The Bertz CT molecular complexity index is 1100. The van der Waals surface area contributed by atoms with Crippen LogP contribution in [-0.4, -0.2) is 32.8 Å². The summed E-state index contributed by atoms with van der Waals surface area (Å²) in [5, 5.41) is 4.29. The van der Waals surface area contributed by atoms with Gasteiger partial charge < -0.3 is 9.30 Å². The zero-order valence-electron chi connectivity index (χ0n) is 16.7. The number of esters is 1. The van der Waals surface area contributed by atoms with Crippen LogP contribution in [0.3, 0.4) is 0 Å². The van der Waals surface area contributed by atoms with Crippen LogP contribution in [0.2, 0.25) is 0 Å². The second-order valence-electron chi connectivity index (χ2n) is 6.87. The first-order chi connectivity index (χ1) is 13.3. The summed E-state index contributed by atoms with van der Waals surface area (Å²) in [5.74, 6) is -0.796. The van der Waals surface area contributed by atoms with Gasteiger partial charge in [-0.15, -0.1) is 0 Å². The van der Waals surface area contributed by atoms with Crippen LogP contribution >= 0.6 is 11.3 Å². The van der Waals surface area contributed by atoms with Crippen LogP contribution in [0, 0.1) is 13.8 Å². The highest BCUT2D eigenvalue weighted by molar-refractivity contribution is 7.16. The fraction of sp³-hybridized carbons (Fsp3) is 0.400. The number of aromatic nitrogens is 3. The minimum absolute atomic E-state index is 0.00287. The SMILES string of the molecule is CCOC(=O)Cn1c(=NC(=O)c2ccn(C(C)C)n2)sc2cc(C)c(C)cc21. The van der Waals surface area contributed by atoms with E-state index in [1.54, 1.807) is 28.4 Å². The Morgan fingerprint density at radius 2 is 1.96 bits per heavy atom. The zero-order chi connectivity index (χ0) is 20.4. The van der Waals surface area contributed by atoms with Crippen molar-refractivity contribution in [3.8, 4) is 0 Å². The van der Waals surface area contributed by atoms with Gasteiger partial charge in [0.1, 0.15) is 6.54 Å². The molecule has 0 aliphatic rings. The maximum absolute atomic E-state index is 12.7. The Balaban J connectivity index is 2.10. The van der Waals surface area contributed by atoms with Gasteiger partial charge in [-0.3, -0.25) is 14.3 Å². The molecule has 0 spiro atoms. The van der Waals surface area contributed by atoms with E-state index in [0.29, 0.717) is 11.4 Å². The molecule has 0 radical (unpaired) electrons. The summed E-state index contributed by atoms with van der Waals surface area (Å²) in [5.41, 5.74) is 3.39. The second-order valence-corrected chi connectivity index (χ2v) is 7.88. The quantitative estimate of drug-likeness (QED) is 0.615. The summed E-state index contributed by atoms with van der Waals surface area (Å²) in [7, 11) is 0. The van der Waals surface area contributed by atoms with Crippen molar-refractivity contribution in [3.63, 3.8) is 0 Å². The monoisotopic (exact) mass is 400 g/mol. The van der Waals surface area contributed by atoms with Gasteiger partial charge in [0.25, 0.3) is 5.91 Å². The number of carbonyl (C=O) groups is 2. The number of benzene rings is 1. The molecular formula is C20H24N4O3S. The average Bonchev–Trinajstić information content (AvgIpc) is 3.23. The van der Waals surface area contributed by atoms with Crippen molar-refractivity contribution in [2.75, 3.05) is 6.61 Å². The number of hydrogen-bond donors (Lipinski definition) is 0. The van der Waals surface area contributed by atoms with Crippen molar-refractivity contribution in [2.24, 2.45) is 4.99 Å². The number of nitrogens with zero attached hydrogens (tertiary/aromatic N) is 4. The Hall–Kier alpha value is -2.74. The molecule has 0 fully saturated rings. The lowest BCUT2D eigenvalue weighted by atomic mass is 10.1. The van der Waals surface area contributed by atoms with E-state index in [0.717, 1.165) is 21.3 Å². The summed E-state index contributed by atoms with van der Waals surface area (Å²) in [4.78, 5) is 29.5. The Kier molecular flexibility index (Phi) is 5.79. The largest absolute Gasteiger partial charge is 0.465 e. The predicted octanol–water partition coefficient (Wildman–Crippen LogP) is 3.40. The van der Waals surface area contributed by atoms with Gasteiger partial charge in [-0.1, -0.05) is 11.3 Å². The van der Waals surface area contributed by atoms with Crippen LogP contribution in [0.4, 0.5) is 0 Å². The van der Waals surface area contributed by atoms with E-state index in [-0.39, 0.29) is 24.2 Å². The lowest BCUT2D eigenvalue weighted by molar-refractivity contribution is -0.143. The van der Waals surface area contributed by atoms with Crippen LogP contribution in [0.15, 0.2) is 29.4 Å². The predicted molar refractivity (Wildman–Crippen MR) is 108 cm³/mol. The van der Waals surface area contributed by atoms with E-state index >= 15 is 0 Å². The standard InChI is InChI=1S/C20H24N4O3S/c1-6-27-18(25)11-23-16-9-13(4)14(5)10-17(16)28-20(23)21-19(26)15-7-8-24(22-15)12(2)3/h7-10,12H,6,11H2,1-5H3. The maximum atomic E-state index is 12.7. The maximum Gasteiger partial charge on any atom is 0.326 e. The molecule has 7 nitrogen and oxygen atoms in total. The topological polar surface area (TPSA) is 78.5 Å². The van der Waals surface area contributed by atoms with E-state index in [2.05, 4.69) is 10.1 Å². The van der Waals surface area contributed by atoms with Gasteiger partial charge in [0.2, 0.25) is 0 Å². The fourth-order valence-corrected chi connectivity index (χ4v) is 3.89. The van der Waals surface area contributed by atoms with Crippen molar-refractivity contribution >= 4 is 33.4 Å². The highest BCUT2D eigenvalue weighted by Crippen LogP contribution is 2.22. The molecular weight excluding hydrogens is 376 g/mol. The highest BCUT2D eigenvalue weighted by Gasteiger charge is 2.15. The molecule has 0 saturated heterocycles. The van der Waals surface area contributed by atoms with E-state index in [1.165, 1.54) is 11.3 Å². The van der Waals surface area contributed by atoms with Gasteiger partial charge in [-0.2, -0.15) is 10.1 Å². The third-order valence-corrected chi connectivity index (χ3v) is 5.49. The first-order valence-corrected chi connectivity index (χ1v) is 10.0. The first-order valence-electron chi connectivity index (χ1n) is 9.20. The molecule has 1 aromatic carbocycles. The molecule has 0 unspecified atom stereocenters. The molecule has 28 heavy (non-hydrogen) atoms. The van der Waals surface area contributed by atoms with Crippen LogP contribution in [0.5, 0.6) is 0 Å². The fourth-order valence-electron chi connectivity index (χ4n) is 2.78. The third-order valence-electron chi connectivity index (χ3n) is 4.44. The molecule has 0 N–H and O–H groups in total. The van der Waals surface area contributed by atoms with E-state index < -0.39 is 5.91 Å². The van der Waals surface area contributed by atoms with Crippen molar-refractivity contribution < 1.29 is 14.3 Å². The third kappa shape index (κ3) is 4.06. The normalized spacial score (nSPS) is 12.1. The van der Waals surface area contributed by atoms with Crippen molar-refractivity contribution in [1.29, 1.82) is 0 Å². The molecule has 2 heterocycles. The number of fused-ring (bicyclic) bond motifs is 1. The molecule has 0 bridgehead atoms. The summed E-state index contributed by atoms with van der Waals surface area (Å²) in [6, 6.07) is 5.87.